The fourth-order valence-electron chi connectivity index (χ4n) is 1.92. The van der Waals surface area contributed by atoms with Crippen molar-refractivity contribution in [1.29, 1.82) is 0 Å². The summed E-state index contributed by atoms with van der Waals surface area (Å²) in [6.07, 6.45) is 6.72. The Morgan fingerprint density at radius 2 is 2.05 bits per heavy atom. The van der Waals surface area contributed by atoms with E-state index < -0.39 is 0 Å². The van der Waals surface area contributed by atoms with Gasteiger partial charge in [0.1, 0.15) is 0 Å². The lowest BCUT2D eigenvalue weighted by molar-refractivity contribution is -0.121. The molecule has 2 N–H and O–H groups in total. The minimum atomic E-state index is 0.117. The summed E-state index contributed by atoms with van der Waals surface area (Å²) in [5.41, 5.74) is 2.24. The highest BCUT2D eigenvalue weighted by molar-refractivity contribution is 5.76. The summed E-state index contributed by atoms with van der Waals surface area (Å²) in [6, 6.07) is 10.1. The second-order valence-electron chi connectivity index (χ2n) is 4.50. The molecule has 1 amide bonds. The first kappa shape index (κ1) is 13.3. The maximum atomic E-state index is 11.6. The molecule has 0 aliphatic rings. The zero-order valence-corrected chi connectivity index (χ0v) is 10.9. The Kier molecular flexibility index (Phi) is 5.17. The fraction of sp³-hybridized carbons (Fsp3) is 0.333. The van der Waals surface area contributed by atoms with Gasteiger partial charge in [0.25, 0.3) is 0 Å². The summed E-state index contributed by atoms with van der Waals surface area (Å²) in [7, 11) is 0. The molecule has 0 bridgehead atoms. The largest absolute Gasteiger partial charge is 0.356 e. The van der Waals surface area contributed by atoms with Gasteiger partial charge in [-0.3, -0.25) is 4.79 Å². The van der Waals surface area contributed by atoms with E-state index in [1.165, 1.54) is 5.56 Å². The molecule has 0 aliphatic heterocycles. The molecule has 100 valence electrons. The molecule has 1 heterocycles. The van der Waals surface area contributed by atoms with E-state index in [-0.39, 0.29) is 5.91 Å². The van der Waals surface area contributed by atoms with E-state index in [1.807, 2.05) is 36.5 Å². The topological polar surface area (TPSA) is 57.8 Å². The van der Waals surface area contributed by atoms with Crippen molar-refractivity contribution in [3.63, 3.8) is 0 Å². The number of aromatic nitrogens is 2. The molecule has 0 radical (unpaired) electrons. The van der Waals surface area contributed by atoms with Crippen molar-refractivity contribution < 1.29 is 4.79 Å². The number of aryl methyl sites for hydroxylation is 2. The van der Waals surface area contributed by atoms with Crippen LogP contribution in [0.5, 0.6) is 0 Å². The number of aromatic amines is 1. The molecule has 0 atom stereocenters. The third-order valence-electron chi connectivity index (χ3n) is 2.97. The molecule has 1 aromatic carbocycles. The average Bonchev–Trinajstić information content (AvgIpc) is 2.96. The molecule has 0 saturated heterocycles. The van der Waals surface area contributed by atoms with E-state index in [1.54, 1.807) is 6.33 Å². The Balaban J connectivity index is 1.57. The first-order chi connectivity index (χ1) is 9.34. The molecule has 0 aliphatic carbocycles. The fourth-order valence-corrected chi connectivity index (χ4v) is 1.92. The lowest BCUT2D eigenvalue weighted by Gasteiger charge is -2.04. The van der Waals surface area contributed by atoms with E-state index in [0.717, 1.165) is 25.0 Å². The summed E-state index contributed by atoms with van der Waals surface area (Å²) in [4.78, 5) is 18.7. The maximum Gasteiger partial charge on any atom is 0.220 e. The molecular weight excluding hydrogens is 238 g/mol. The number of benzene rings is 1. The minimum absolute atomic E-state index is 0.117. The van der Waals surface area contributed by atoms with Crippen molar-refractivity contribution in [2.75, 3.05) is 6.54 Å². The third-order valence-corrected chi connectivity index (χ3v) is 2.97. The summed E-state index contributed by atoms with van der Waals surface area (Å²) in [5, 5.41) is 2.94. The van der Waals surface area contributed by atoms with E-state index >= 15 is 0 Å². The number of imidazole rings is 1. The van der Waals surface area contributed by atoms with Gasteiger partial charge in [-0.1, -0.05) is 30.3 Å². The van der Waals surface area contributed by atoms with Crippen molar-refractivity contribution in [2.45, 2.75) is 25.7 Å². The molecule has 4 heteroatoms. The number of hydrogen-bond acceptors (Lipinski definition) is 2. The van der Waals surface area contributed by atoms with Crippen LogP contribution in [-0.4, -0.2) is 22.4 Å². The molecule has 4 nitrogen and oxygen atoms in total. The highest BCUT2D eigenvalue weighted by atomic mass is 16.1. The van der Waals surface area contributed by atoms with Crippen LogP contribution in [0.1, 0.15) is 24.1 Å². The second-order valence-corrected chi connectivity index (χ2v) is 4.50. The van der Waals surface area contributed by atoms with Gasteiger partial charge in [-0.25, -0.2) is 4.98 Å². The van der Waals surface area contributed by atoms with Gasteiger partial charge >= 0.3 is 0 Å². The van der Waals surface area contributed by atoms with E-state index in [4.69, 9.17) is 0 Å². The maximum absolute atomic E-state index is 11.6. The average molecular weight is 257 g/mol. The van der Waals surface area contributed by atoms with Crippen LogP contribution in [0.2, 0.25) is 0 Å². The Morgan fingerprint density at radius 1 is 1.21 bits per heavy atom. The third kappa shape index (κ3) is 4.95. The van der Waals surface area contributed by atoms with Crippen LogP contribution in [0.25, 0.3) is 0 Å². The number of carbonyl (C=O) groups is 1. The number of carbonyl (C=O) groups excluding carboxylic acids is 1. The lowest BCUT2D eigenvalue weighted by atomic mass is 10.1. The van der Waals surface area contributed by atoms with Crippen molar-refractivity contribution in [3.05, 3.63) is 54.1 Å². The molecular formula is C15H19N3O. The smallest absolute Gasteiger partial charge is 0.220 e. The first-order valence-electron chi connectivity index (χ1n) is 6.63. The minimum Gasteiger partial charge on any atom is -0.356 e. The van der Waals surface area contributed by atoms with Crippen LogP contribution in [0, 0.1) is 0 Å². The SMILES string of the molecule is O=C(CCc1ccccc1)NCCCc1c[nH]cn1. The van der Waals surface area contributed by atoms with Gasteiger partial charge in [-0.2, -0.15) is 0 Å². The van der Waals surface area contributed by atoms with Crippen molar-refractivity contribution in [2.24, 2.45) is 0 Å². The van der Waals surface area contributed by atoms with Gasteiger partial charge in [0.05, 0.1) is 12.0 Å². The van der Waals surface area contributed by atoms with Gasteiger partial charge in [0.2, 0.25) is 5.91 Å². The first-order valence-corrected chi connectivity index (χ1v) is 6.63. The van der Waals surface area contributed by atoms with Gasteiger partial charge in [-0.05, 0) is 24.8 Å². The zero-order valence-electron chi connectivity index (χ0n) is 10.9. The highest BCUT2D eigenvalue weighted by Gasteiger charge is 2.01. The number of rotatable bonds is 7. The van der Waals surface area contributed by atoms with Gasteiger partial charge < -0.3 is 10.3 Å². The van der Waals surface area contributed by atoms with Crippen molar-refractivity contribution >= 4 is 5.91 Å². The molecule has 2 aromatic rings. The summed E-state index contributed by atoms with van der Waals surface area (Å²) < 4.78 is 0. The van der Waals surface area contributed by atoms with Crippen LogP contribution in [-0.2, 0) is 17.6 Å². The van der Waals surface area contributed by atoms with Crippen LogP contribution >= 0.6 is 0 Å². The van der Waals surface area contributed by atoms with Crippen LogP contribution in [0.3, 0.4) is 0 Å². The normalized spacial score (nSPS) is 10.3. The molecule has 0 saturated carbocycles. The Bertz CT molecular complexity index is 479. The number of nitrogens with one attached hydrogen (secondary N) is 2. The lowest BCUT2D eigenvalue weighted by Crippen LogP contribution is -2.24. The number of nitrogens with zero attached hydrogens (tertiary/aromatic N) is 1. The number of amides is 1. The zero-order chi connectivity index (χ0) is 13.3. The van der Waals surface area contributed by atoms with Gasteiger partial charge in [0.15, 0.2) is 0 Å². The second kappa shape index (κ2) is 7.36. The predicted octanol–water partition coefficient (Wildman–Crippen LogP) is 2.09. The van der Waals surface area contributed by atoms with Crippen LogP contribution in [0.15, 0.2) is 42.9 Å². The van der Waals surface area contributed by atoms with Gasteiger partial charge in [-0.15, -0.1) is 0 Å². The Hall–Kier alpha value is -2.10. The number of hydrogen-bond donors (Lipinski definition) is 2. The van der Waals surface area contributed by atoms with E-state index in [0.29, 0.717) is 13.0 Å². The predicted molar refractivity (Wildman–Crippen MR) is 74.7 cm³/mol. The molecule has 2 rings (SSSR count). The monoisotopic (exact) mass is 257 g/mol. The molecule has 19 heavy (non-hydrogen) atoms. The Labute approximate surface area is 113 Å². The summed E-state index contributed by atoms with van der Waals surface area (Å²) in [6.45, 7) is 0.709. The summed E-state index contributed by atoms with van der Waals surface area (Å²) >= 11 is 0. The van der Waals surface area contributed by atoms with Gasteiger partial charge in [0, 0.05) is 19.2 Å². The van der Waals surface area contributed by atoms with Crippen LogP contribution < -0.4 is 5.32 Å². The van der Waals surface area contributed by atoms with Crippen LogP contribution in [0.4, 0.5) is 0 Å². The molecule has 0 spiro atoms. The molecule has 0 fully saturated rings. The van der Waals surface area contributed by atoms with Crippen molar-refractivity contribution in [1.82, 2.24) is 15.3 Å². The van der Waals surface area contributed by atoms with Crippen molar-refractivity contribution in [3.8, 4) is 0 Å². The quantitative estimate of drug-likeness (QED) is 0.746. The van der Waals surface area contributed by atoms with E-state index in [2.05, 4.69) is 15.3 Å². The Morgan fingerprint density at radius 3 is 2.79 bits per heavy atom. The molecule has 1 aromatic heterocycles. The van der Waals surface area contributed by atoms with E-state index in [9.17, 15) is 4.79 Å². The highest BCUT2D eigenvalue weighted by Crippen LogP contribution is 2.02. The number of H-pyrrole nitrogens is 1. The summed E-state index contributed by atoms with van der Waals surface area (Å²) in [5.74, 6) is 0.117. The standard InChI is InChI=1S/C15H19N3O/c19-15(9-8-13-5-2-1-3-6-13)17-10-4-7-14-11-16-12-18-14/h1-3,5-6,11-12H,4,7-10H2,(H,16,18)(H,17,19). The molecule has 0 unspecified atom stereocenters.